The summed E-state index contributed by atoms with van der Waals surface area (Å²) in [6.45, 7) is 3.08. The number of amides is 1. The Kier molecular flexibility index (Phi) is 3.59. The molecule has 1 N–H and O–H groups in total. The lowest BCUT2D eigenvalue weighted by atomic mass is 9.84. The van der Waals surface area contributed by atoms with Crippen molar-refractivity contribution in [1.29, 1.82) is 0 Å². The molecular weight excluding hydrogens is 204 g/mol. The molecule has 0 radical (unpaired) electrons. The maximum absolute atomic E-state index is 11.6. The second-order valence-corrected chi connectivity index (χ2v) is 4.81. The molecule has 2 fully saturated rings. The molecule has 2 rings (SSSR count). The van der Waals surface area contributed by atoms with E-state index in [9.17, 15) is 9.59 Å². The first-order valence-electron chi connectivity index (χ1n) is 6.25. The minimum absolute atomic E-state index is 0.0914. The third-order valence-corrected chi connectivity index (χ3v) is 3.64. The van der Waals surface area contributed by atoms with Gasteiger partial charge in [-0.3, -0.25) is 14.5 Å². The van der Waals surface area contributed by atoms with Crippen molar-refractivity contribution in [1.82, 2.24) is 10.2 Å². The van der Waals surface area contributed by atoms with Crippen LogP contribution in [0, 0.1) is 0 Å². The number of piperidine rings is 2. The van der Waals surface area contributed by atoms with Gasteiger partial charge in [0.25, 0.3) is 0 Å². The van der Waals surface area contributed by atoms with Crippen molar-refractivity contribution >= 4 is 11.7 Å². The lowest BCUT2D eigenvalue weighted by molar-refractivity contribution is -0.132. The lowest BCUT2D eigenvalue weighted by Crippen LogP contribution is -2.55. The van der Waals surface area contributed by atoms with Gasteiger partial charge in [0.05, 0.1) is 6.54 Å². The van der Waals surface area contributed by atoms with Crippen molar-refractivity contribution < 1.29 is 9.59 Å². The average Bonchev–Trinajstić information content (AvgIpc) is 2.19. The molecule has 0 aromatic heterocycles. The van der Waals surface area contributed by atoms with E-state index in [-0.39, 0.29) is 5.91 Å². The number of hydrogen-bond donors (Lipinski definition) is 1. The normalized spacial score (nSPS) is 30.2. The largest absolute Gasteiger partial charge is 0.355 e. The van der Waals surface area contributed by atoms with Gasteiger partial charge in [-0.2, -0.15) is 0 Å². The Labute approximate surface area is 96.4 Å². The minimum Gasteiger partial charge on any atom is -0.355 e. The van der Waals surface area contributed by atoms with Crippen LogP contribution in [0.1, 0.15) is 39.0 Å². The zero-order valence-electron chi connectivity index (χ0n) is 9.87. The van der Waals surface area contributed by atoms with E-state index in [1.54, 1.807) is 0 Å². The van der Waals surface area contributed by atoms with Crippen molar-refractivity contribution in [2.45, 2.75) is 51.1 Å². The molecule has 0 saturated carbocycles. The van der Waals surface area contributed by atoms with E-state index in [1.165, 1.54) is 6.42 Å². The van der Waals surface area contributed by atoms with Gasteiger partial charge in [-0.25, -0.2) is 0 Å². The number of rotatable bonds is 3. The van der Waals surface area contributed by atoms with Crippen LogP contribution in [0.15, 0.2) is 0 Å². The molecular formula is C12H20N2O2. The summed E-state index contributed by atoms with van der Waals surface area (Å²) in [4.78, 5) is 25.3. The SMILES string of the molecule is CCNC(=O)CN1C2CCCC1CC(=O)C2. The standard InChI is InChI=1S/C12H20N2O2/c1-2-13-12(16)8-14-9-4-3-5-10(14)7-11(15)6-9/h9-10H,2-8H2,1H3,(H,13,16). The number of fused-ring (bicyclic) bond motifs is 2. The van der Waals surface area contributed by atoms with Crippen molar-refractivity contribution in [3.63, 3.8) is 0 Å². The molecule has 2 heterocycles. The summed E-state index contributed by atoms with van der Waals surface area (Å²) in [5.41, 5.74) is 0. The van der Waals surface area contributed by atoms with Gasteiger partial charge >= 0.3 is 0 Å². The molecule has 4 nitrogen and oxygen atoms in total. The summed E-state index contributed by atoms with van der Waals surface area (Å²) in [6.07, 6.45) is 4.64. The van der Waals surface area contributed by atoms with E-state index in [2.05, 4.69) is 10.2 Å². The van der Waals surface area contributed by atoms with Gasteiger partial charge in [0, 0.05) is 31.5 Å². The topological polar surface area (TPSA) is 49.4 Å². The zero-order valence-corrected chi connectivity index (χ0v) is 9.87. The summed E-state index contributed by atoms with van der Waals surface area (Å²) in [6, 6.07) is 0.644. The van der Waals surface area contributed by atoms with Crippen LogP contribution in [-0.2, 0) is 9.59 Å². The number of ketones is 1. The number of hydrogen-bond acceptors (Lipinski definition) is 3. The minimum atomic E-state index is 0.0914. The second kappa shape index (κ2) is 4.95. The van der Waals surface area contributed by atoms with Gasteiger partial charge in [0.1, 0.15) is 5.78 Å². The first-order chi connectivity index (χ1) is 7.70. The molecule has 16 heavy (non-hydrogen) atoms. The molecule has 1 amide bonds. The number of likely N-dealkylation sites (N-methyl/N-ethyl adjacent to an activating group) is 1. The molecule has 0 spiro atoms. The van der Waals surface area contributed by atoms with Crippen LogP contribution < -0.4 is 5.32 Å². The van der Waals surface area contributed by atoms with Crippen LogP contribution >= 0.6 is 0 Å². The Bertz CT molecular complexity index is 275. The van der Waals surface area contributed by atoms with Gasteiger partial charge in [-0.05, 0) is 19.8 Å². The maximum Gasteiger partial charge on any atom is 0.234 e. The van der Waals surface area contributed by atoms with E-state index in [0.29, 0.717) is 43.8 Å². The predicted octanol–water partition coefficient (Wildman–Crippen LogP) is 0.708. The molecule has 4 heteroatoms. The van der Waals surface area contributed by atoms with E-state index in [0.717, 1.165) is 12.8 Å². The van der Waals surface area contributed by atoms with Crippen LogP contribution in [0.5, 0.6) is 0 Å². The Morgan fingerprint density at radius 2 is 2.00 bits per heavy atom. The summed E-state index contributed by atoms with van der Waals surface area (Å²) in [7, 11) is 0. The maximum atomic E-state index is 11.6. The molecule has 2 bridgehead atoms. The molecule has 0 aromatic carbocycles. The molecule has 0 aliphatic carbocycles. The predicted molar refractivity (Wildman–Crippen MR) is 61.1 cm³/mol. The number of carbonyl (C=O) groups excluding carboxylic acids is 2. The van der Waals surface area contributed by atoms with E-state index in [4.69, 9.17) is 0 Å². The second-order valence-electron chi connectivity index (χ2n) is 4.81. The van der Waals surface area contributed by atoms with Crippen LogP contribution in [0.25, 0.3) is 0 Å². The Morgan fingerprint density at radius 3 is 2.56 bits per heavy atom. The highest BCUT2D eigenvalue weighted by Crippen LogP contribution is 2.31. The first kappa shape index (κ1) is 11.6. The van der Waals surface area contributed by atoms with E-state index < -0.39 is 0 Å². The number of Topliss-reactive ketones (excluding diaryl/α,β-unsaturated/α-hetero) is 1. The average molecular weight is 224 g/mol. The van der Waals surface area contributed by atoms with Gasteiger partial charge in [0.2, 0.25) is 5.91 Å². The Morgan fingerprint density at radius 1 is 1.38 bits per heavy atom. The molecule has 2 aliphatic heterocycles. The number of nitrogens with one attached hydrogen (secondary N) is 1. The highest BCUT2D eigenvalue weighted by Gasteiger charge is 2.37. The third-order valence-electron chi connectivity index (χ3n) is 3.64. The van der Waals surface area contributed by atoms with E-state index >= 15 is 0 Å². The van der Waals surface area contributed by atoms with Crippen molar-refractivity contribution in [2.75, 3.05) is 13.1 Å². The van der Waals surface area contributed by atoms with Gasteiger partial charge in [-0.1, -0.05) is 6.42 Å². The fraction of sp³-hybridized carbons (Fsp3) is 0.833. The first-order valence-corrected chi connectivity index (χ1v) is 6.25. The summed E-state index contributed by atoms with van der Waals surface area (Å²) >= 11 is 0. The summed E-state index contributed by atoms with van der Waals surface area (Å²) < 4.78 is 0. The van der Waals surface area contributed by atoms with Crippen LogP contribution in [0.2, 0.25) is 0 Å². The highest BCUT2D eigenvalue weighted by molar-refractivity contribution is 5.82. The Balaban J connectivity index is 1.98. The van der Waals surface area contributed by atoms with Crippen LogP contribution in [0.3, 0.4) is 0 Å². The van der Waals surface area contributed by atoms with Gasteiger partial charge in [0.15, 0.2) is 0 Å². The monoisotopic (exact) mass is 224 g/mol. The third kappa shape index (κ3) is 2.43. The highest BCUT2D eigenvalue weighted by atomic mass is 16.2. The van der Waals surface area contributed by atoms with Crippen molar-refractivity contribution in [3.8, 4) is 0 Å². The molecule has 2 aliphatic rings. The number of nitrogens with zero attached hydrogens (tertiary/aromatic N) is 1. The van der Waals surface area contributed by atoms with Crippen LogP contribution in [-0.4, -0.2) is 41.8 Å². The van der Waals surface area contributed by atoms with Gasteiger partial charge in [-0.15, -0.1) is 0 Å². The molecule has 0 aromatic rings. The van der Waals surface area contributed by atoms with Crippen LogP contribution in [0.4, 0.5) is 0 Å². The smallest absolute Gasteiger partial charge is 0.234 e. The Hall–Kier alpha value is -0.900. The summed E-state index contributed by atoms with van der Waals surface area (Å²) in [5, 5.41) is 2.83. The molecule has 90 valence electrons. The van der Waals surface area contributed by atoms with Crippen molar-refractivity contribution in [2.24, 2.45) is 0 Å². The summed E-state index contributed by atoms with van der Waals surface area (Å²) in [5.74, 6) is 0.468. The lowest BCUT2D eigenvalue weighted by Gasteiger charge is -2.44. The fourth-order valence-electron chi connectivity index (χ4n) is 2.94. The fourth-order valence-corrected chi connectivity index (χ4v) is 2.94. The quantitative estimate of drug-likeness (QED) is 0.768. The van der Waals surface area contributed by atoms with E-state index in [1.807, 2.05) is 6.92 Å². The molecule has 2 saturated heterocycles. The number of carbonyl (C=O) groups is 2. The zero-order chi connectivity index (χ0) is 11.5. The van der Waals surface area contributed by atoms with Gasteiger partial charge < -0.3 is 5.32 Å². The van der Waals surface area contributed by atoms with Crippen molar-refractivity contribution in [3.05, 3.63) is 0 Å². The molecule has 2 atom stereocenters. The molecule has 2 unspecified atom stereocenters.